The third-order valence-electron chi connectivity index (χ3n) is 8.13. The van der Waals surface area contributed by atoms with Gasteiger partial charge in [0.2, 0.25) is 0 Å². The molecule has 0 unspecified atom stereocenters. The van der Waals surface area contributed by atoms with Crippen molar-refractivity contribution in [2.24, 2.45) is 38.9 Å². The molecule has 0 aromatic carbocycles. The Labute approximate surface area is 151 Å². The lowest BCUT2D eigenvalue weighted by Gasteiger charge is -2.57. The van der Waals surface area contributed by atoms with Crippen LogP contribution in [-0.4, -0.2) is 25.6 Å². The van der Waals surface area contributed by atoms with E-state index in [9.17, 15) is 0 Å². The van der Waals surface area contributed by atoms with Crippen LogP contribution in [0.25, 0.3) is 0 Å². The Kier molecular flexibility index (Phi) is 4.20. The molecule has 3 fully saturated rings. The number of hydrogen-bond donors (Lipinski definition) is 0. The number of allylic oxidation sites excluding steroid dienone is 2. The van der Waals surface area contributed by atoms with E-state index in [1.165, 1.54) is 44.2 Å². The molecule has 0 radical (unpaired) electrons. The molecule has 4 aliphatic carbocycles. The second-order valence-corrected chi connectivity index (χ2v) is 8.98. The Balaban J connectivity index is 1.64. The van der Waals surface area contributed by atoms with Gasteiger partial charge in [-0.3, -0.25) is 0 Å². The first-order valence-electron chi connectivity index (χ1n) is 9.94. The largest absolute Gasteiger partial charge is 0.399 e. The van der Waals surface area contributed by atoms with Crippen LogP contribution < -0.4 is 0 Å². The van der Waals surface area contributed by atoms with E-state index in [4.69, 9.17) is 9.68 Å². The van der Waals surface area contributed by atoms with Crippen molar-refractivity contribution in [3.05, 3.63) is 11.6 Å². The summed E-state index contributed by atoms with van der Waals surface area (Å²) in [6, 6.07) is 0. The van der Waals surface area contributed by atoms with Gasteiger partial charge in [-0.2, -0.15) is 0 Å². The maximum Gasteiger partial charge on any atom is 0.106 e. The molecule has 138 valence electrons. The third kappa shape index (κ3) is 2.47. The molecule has 0 saturated heterocycles. The van der Waals surface area contributed by atoms with Crippen molar-refractivity contribution in [2.75, 3.05) is 14.2 Å². The fourth-order valence-corrected chi connectivity index (χ4v) is 6.81. The molecule has 0 aromatic rings. The second-order valence-electron chi connectivity index (χ2n) is 8.98. The molecular weight excluding hydrogens is 312 g/mol. The van der Waals surface area contributed by atoms with E-state index in [1.807, 2.05) is 0 Å². The summed E-state index contributed by atoms with van der Waals surface area (Å²) >= 11 is 0. The molecule has 0 aromatic heterocycles. The highest BCUT2D eigenvalue weighted by Crippen LogP contribution is 2.64. The number of hydrogen-bond acceptors (Lipinski definition) is 4. The van der Waals surface area contributed by atoms with Gasteiger partial charge in [0.1, 0.15) is 14.2 Å². The van der Waals surface area contributed by atoms with Crippen LogP contribution in [0.1, 0.15) is 65.2 Å². The number of rotatable bonds is 2. The van der Waals surface area contributed by atoms with E-state index >= 15 is 0 Å². The summed E-state index contributed by atoms with van der Waals surface area (Å²) in [6.07, 6.45) is 12.2. The van der Waals surface area contributed by atoms with Gasteiger partial charge in [-0.1, -0.05) is 29.7 Å². The minimum Gasteiger partial charge on any atom is -0.399 e. The lowest BCUT2D eigenvalue weighted by Crippen LogP contribution is -2.50. The van der Waals surface area contributed by atoms with Crippen LogP contribution in [0.15, 0.2) is 22.0 Å². The quantitative estimate of drug-likeness (QED) is 0.665. The van der Waals surface area contributed by atoms with Gasteiger partial charge in [0.05, 0.1) is 11.4 Å². The zero-order chi connectivity index (χ0) is 17.7. The fraction of sp³-hybridized carbons (Fsp3) is 0.810. The molecule has 0 aliphatic heterocycles. The van der Waals surface area contributed by atoms with Gasteiger partial charge in [0.25, 0.3) is 0 Å². The highest BCUT2D eigenvalue weighted by Gasteiger charge is 2.58. The highest BCUT2D eigenvalue weighted by molar-refractivity contribution is 5.96. The number of oxime groups is 2. The lowest BCUT2D eigenvalue weighted by molar-refractivity contribution is -0.0163. The van der Waals surface area contributed by atoms with Gasteiger partial charge in [-0.05, 0) is 80.6 Å². The van der Waals surface area contributed by atoms with Crippen LogP contribution in [0.4, 0.5) is 0 Å². The zero-order valence-corrected chi connectivity index (χ0v) is 16.2. The summed E-state index contributed by atoms with van der Waals surface area (Å²) in [5, 5.41) is 8.64. The van der Waals surface area contributed by atoms with E-state index in [1.54, 1.807) is 19.8 Å². The van der Waals surface area contributed by atoms with Crippen molar-refractivity contribution in [2.45, 2.75) is 65.2 Å². The Hall–Kier alpha value is -1.32. The van der Waals surface area contributed by atoms with E-state index in [0.717, 1.165) is 36.3 Å². The van der Waals surface area contributed by atoms with E-state index in [2.05, 4.69) is 30.2 Å². The van der Waals surface area contributed by atoms with Gasteiger partial charge in [0, 0.05) is 5.41 Å². The number of nitrogens with zero attached hydrogens (tertiary/aromatic N) is 2. The van der Waals surface area contributed by atoms with Crippen molar-refractivity contribution >= 4 is 11.4 Å². The molecule has 3 saturated carbocycles. The van der Waals surface area contributed by atoms with Crippen LogP contribution >= 0.6 is 0 Å². The molecule has 0 heterocycles. The molecule has 4 aliphatic rings. The molecule has 4 heteroatoms. The topological polar surface area (TPSA) is 43.2 Å². The van der Waals surface area contributed by atoms with Gasteiger partial charge in [-0.15, -0.1) is 0 Å². The van der Waals surface area contributed by atoms with Crippen molar-refractivity contribution in [1.29, 1.82) is 0 Å². The molecule has 5 atom stereocenters. The Morgan fingerprint density at radius 3 is 2.40 bits per heavy atom. The summed E-state index contributed by atoms with van der Waals surface area (Å²) in [5.41, 5.74) is 4.71. The van der Waals surface area contributed by atoms with Crippen LogP contribution in [0.2, 0.25) is 0 Å². The van der Waals surface area contributed by atoms with Crippen LogP contribution in [0, 0.1) is 28.6 Å². The molecular formula is C21H32N2O2. The maximum absolute atomic E-state index is 5.17. The average Bonchev–Trinajstić information content (AvgIpc) is 2.93. The first-order chi connectivity index (χ1) is 12.0. The molecule has 0 N–H and O–H groups in total. The third-order valence-corrected chi connectivity index (χ3v) is 8.13. The minimum atomic E-state index is 0.270. The van der Waals surface area contributed by atoms with Gasteiger partial charge in [0.15, 0.2) is 0 Å². The van der Waals surface area contributed by atoms with Crippen molar-refractivity contribution in [3.8, 4) is 0 Å². The average molecular weight is 344 g/mol. The molecule has 0 amide bonds. The summed E-state index contributed by atoms with van der Waals surface area (Å²) < 4.78 is 0. The van der Waals surface area contributed by atoms with E-state index in [-0.39, 0.29) is 5.41 Å². The van der Waals surface area contributed by atoms with Gasteiger partial charge < -0.3 is 9.68 Å². The molecule has 25 heavy (non-hydrogen) atoms. The van der Waals surface area contributed by atoms with Gasteiger partial charge in [-0.25, -0.2) is 0 Å². The first kappa shape index (κ1) is 17.1. The van der Waals surface area contributed by atoms with Crippen LogP contribution in [0.3, 0.4) is 0 Å². The van der Waals surface area contributed by atoms with Crippen molar-refractivity contribution in [3.63, 3.8) is 0 Å². The van der Waals surface area contributed by atoms with Crippen LogP contribution in [0.5, 0.6) is 0 Å². The van der Waals surface area contributed by atoms with Gasteiger partial charge >= 0.3 is 0 Å². The van der Waals surface area contributed by atoms with Crippen molar-refractivity contribution < 1.29 is 9.68 Å². The fourth-order valence-electron chi connectivity index (χ4n) is 6.81. The predicted molar refractivity (Wildman–Crippen MR) is 101 cm³/mol. The maximum atomic E-state index is 5.17. The summed E-state index contributed by atoms with van der Waals surface area (Å²) in [4.78, 5) is 10.2. The summed E-state index contributed by atoms with van der Waals surface area (Å²) in [7, 11) is 3.34. The zero-order valence-electron chi connectivity index (χ0n) is 16.2. The standard InChI is InChI=1S/C21H32N2O2/c1-20-11-9-15(22-24-3)13-14(20)5-6-16-17-7-8-19(23-25-4)21(17,2)12-10-18(16)20/h13,16-18H,5-12H2,1-4H3/b22-15-,23-19+/t16-,17-,18-,20-,21-/m0/s1. The second kappa shape index (κ2) is 6.14. The molecule has 4 nitrogen and oxygen atoms in total. The molecule has 4 rings (SSSR count). The normalized spacial score (nSPS) is 46.2. The smallest absolute Gasteiger partial charge is 0.106 e. The SMILES string of the molecule is CO/N=C1\C=C2CC[C@@H]3[C@H](CC[C@]4(C)/C(=N/OC)CC[C@@H]34)[C@@]2(C)CC1. The summed E-state index contributed by atoms with van der Waals surface area (Å²) in [6.45, 7) is 4.98. The van der Waals surface area contributed by atoms with Crippen molar-refractivity contribution in [1.82, 2.24) is 0 Å². The predicted octanol–water partition coefficient (Wildman–Crippen LogP) is 4.95. The first-order valence-corrected chi connectivity index (χ1v) is 9.94. The van der Waals surface area contributed by atoms with E-state index < -0.39 is 0 Å². The lowest BCUT2D eigenvalue weighted by atomic mass is 9.47. The minimum absolute atomic E-state index is 0.270. The highest BCUT2D eigenvalue weighted by atomic mass is 16.6. The van der Waals surface area contributed by atoms with Crippen LogP contribution in [-0.2, 0) is 9.68 Å². The number of fused-ring (bicyclic) bond motifs is 5. The molecule has 0 spiro atoms. The summed E-state index contributed by atoms with van der Waals surface area (Å²) in [5.74, 6) is 2.44. The monoisotopic (exact) mass is 344 g/mol. The molecule has 0 bridgehead atoms. The Bertz CT molecular complexity index is 638. The van der Waals surface area contributed by atoms with E-state index in [0.29, 0.717) is 5.41 Å². The Morgan fingerprint density at radius 1 is 0.880 bits per heavy atom. The Morgan fingerprint density at radius 2 is 1.64 bits per heavy atom.